The molecule has 1 aromatic carbocycles. The molecule has 1 unspecified atom stereocenters. The maximum atomic E-state index is 12.3. The molecule has 0 spiro atoms. The molecule has 2 aliphatic carbocycles. The molecule has 6 heteroatoms. The Hall–Kier alpha value is -2.34. The molecule has 1 atom stereocenters. The van der Waals surface area contributed by atoms with Crippen molar-refractivity contribution < 1.29 is 19.2 Å². The topological polar surface area (TPSA) is 71.9 Å². The predicted octanol–water partition coefficient (Wildman–Crippen LogP) is 1.96. The van der Waals surface area contributed by atoms with Gasteiger partial charge in [0.25, 0.3) is 5.91 Å². The molecule has 6 nitrogen and oxygen atoms in total. The van der Waals surface area contributed by atoms with E-state index in [1.54, 1.807) is 7.11 Å². The van der Waals surface area contributed by atoms with Crippen LogP contribution in [-0.4, -0.2) is 38.2 Å². The largest absolute Gasteiger partial charge is 0.497 e. The average Bonchev–Trinajstić information content (AvgIpc) is 3.54. The number of hydrogen-bond donors (Lipinski definition) is 3. The molecule has 3 rings (SSSR count). The Morgan fingerprint density at radius 1 is 1.18 bits per heavy atom. The van der Waals surface area contributed by atoms with Gasteiger partial charge in [0.2, 0.25) is 0 Å². The zero-order chi connectivity index (χ0) is 19.8. The molecule has 0 aromatic heterocycles. The van der Waals surface area contributed by atoms with Gasteiger partial charge in [-0.3, -0.25) is 10.1 Å². The number of imide groups is 1. The van der Waals surface area contributed by atoms with Crippen molar-refractivity contribution in [1.82, 2.24) is 10.6 Å². The first-order valence-electron chi connectivity index (χ1n) is 10.4. The monoisotopic (exact) mass is 386 g/mol. The minimum Gasteiger partial charge on any atom is -0.497 e. The number of methoxy groups -OCH3 is 1. The van der Waals surface area contributed by atoms with Crippen LogP contribution < -0.4 is 20.3 Å². The SMILES string of the molecule is COc1ccc(C[NH+](CC(=O)NC(=O)NCCC2=CCCCC2)C2CC2)cc1. The number of amides is 3. The third-order valence-electron chi connectivity index (χ3n) is 5.50. The lowest BCUT2D eigenvalue weighted by atomic mass is 9.97. The molecule has 28 heavy (non-hydrogen) atoms. The van der Waals surface area contributed by atoms with Crippen LogP contribution in [0.15, 0.2) is 35.9 Å². The maximum absolute atomic E-state index is 12.3. The first-order chi connectivity index (χ1) is 13.6. The summed E-state index contributed by atoms with van der Waals surface area (Å²) in [5.41, 5.74) is 2.59. The second-order valence-corrected chi connectivity index (χ2v) is 7.80. The van der Waals surface area contributed by atoms with E-state index in [9.17, 15) is 9.59 Å². The maximum Gasteiger partial charge on any atom is 0.321 e. The minimum absolute atomic E-state index is 0.218. The van der Waals surface area contributed by atoms with Crippen LogP contribution >= 0.6 is 0 Å². The van der Waals surface area contributed by atoms with E-state index >= 15 is 0 Å². The summed E-state index contributed by atoms with van der Waals surface area (Å²) in [6, 6.07) is 8.07. The van der Waals surface area contributed by atoms with Crippen molar-refractivity contribution in [3.63, 3.8) is 0 Å². The molecular formula is C22H32N3O3+. The highest BCUT2D eigenvalue weighted by Gasteiger charge is 2.34. The van der Waals surface area contributed by atoms with E-state index in [1.165, 1.54) is 28.9 Å². The van der Waals surface area contributed by atoms with Crippen molar-refractivity contribution in [2.24, 2.45) is 0 Å². The highest BCUT2D eigenvalue weighted by atomic mass is 16.5. The number of allylic oxidation sites excluding steroid dienone is 1. The van der Waals surface area contributed by atoms with Gasteiger partial charge < -0.3 is 15.0 Å². The Labute approximate surface area is 167 Å². The predicted molar refractivity (Wildman–Crippen MR) is 108 cm³/mol. The fourth-order valence-electron chi connectivity index (χ4n) is 3.74. The number of ether oxygens (including phenoxy) is 1. The van der Waals surface area contributed by atoms with E-state index in [2.05, 4.69) is 16.7 Å². The Morgan fingerprint density at radius 2 is 1.96 bits per heavy atom. The summed E-state index contributed by atoms with van der Waals surface area (Å²) >= 11 is 0. The summed E-state index contributed by atoms with van der Waals surface area (Å²) in [5.74, 6) is 0.611. The molecule has 0 aliphatic heterocycles. The number of carbonyl (C=O) groups excluding carboxylic acids is 2. The summed E-state index contributed by atoms with van der Waals surface area (Å²) in [4.78, 5) is 25.5. The van der Waals surface area contributed by atoms with Crippen molar-refractivity contribution in [2.75, 3.05) is 20.2 Å². The van der Waals surface area contributed by atoms with Gasteiger partial charge in [0.05, 0.1) is 13.2 Å². The van der Waals surface area contributed by atoms with Crippen LogP contribution in [0.25, 0.3) is 0 Å². The van der Waals surface area contributed by atoms with Crippen LogP contribution in [0.4, 0.5) is 4.79 Å². The van der Waals surface area contributed by atoms with E-state index in [0.717, 1.165) is 44.4 Å². The lowest BCUT2D eigenvalue weighted by molar-refractivity contribution is -0.917. The summed E-state index contributed by atoms with van der Waals surface area (Å²) < 4.78 is 5.19. The van der Waals surface area contributed by atoms with Gasteiger partial charge in [0.15, 0.2) is 6.54 Å². The lowest BCUT2D eigenvalue weighted by Gasteiger charge is -2.19. The minimum atomic E-state index is -0.388. The van der Waals surface area contributed by atoms with Crippen LogP contribution in [0.1, 0.15) is 50.5 Å². The Morgan fingerprint density at radius 3 is 2.61 bits per heavy atom. The number of quaternary nitrogens is 1. The molecule has 0 bridgehead atoms. The lowest BCUT2D eigenvalue weighted by Crippen LogP contribution is -3.13. The van der Waals surface area contributed by atoms with Crippen LogP contribution in [0.2, 0.25) is 0 Å². The fourth-order valence-corrected chi connectivity index (χ4v) is 3.74. The van der Waals surface area contributed by atoms with E-state index in [0.29, 0.717) is 19.1 Å². The zero-order valence-corrected chi connectivity index (χ0v) is 16.8. The number of carbonyl (C=O) groups is 2. The van der Waals surface area contributed by atoms with Gasteiger partial charge in [0, 0.05) is 24.9 Å². The third kappa shape index (κ3) is 6.68. The Kier molecular flexibility index (Phi) is 7.48. The van der Waals surface area contributed by atoms with Crippen molar-refractivity contribution in [1.29, 1.82) is 0 Å². The van der Waals surface area contributed by atoms with E-state index in [4.69, 9.17) is 4.74 Å². The molecule has 1 aromatic rings. The molecule has 1 saturated carbocycles. The standard InChI is InChI=1S/C22H31N3O3/c1-28-20-11-7-18(8-12-20)15-25(19-9-10-19)16-21(26)24-22(27)23-14-13-17-5-3-2-4-6-17/h5,7-8,11-12,19H,2-4,6,9-10,13-16H2,1H3,(H2,23,24,26,27)/p+1. The quantitative estimate of drug-likeness (QED) is 0.568. The first kappa shape index (κ1) is 20.4. The van der Waals surface area contributed by atoms with Gasteiger partial charge in [-0.2, -0.15) is 0 Å². The van der Waals surface area contributed by atoms with Crippen molar-refractivity contribution >= 4 is 11.9 Å². The zero-order valence-electron chi connectivity index (χ0n) is 16.8. The van der Waals surface area contributed by atoms with Gasteiger partial charge in [-0.05, 0) is 56.4 Å². The second-order valence-electron chi connectivity index (χ2n) is 7.80. The molecule has 0 heterocycles. The molecular weight excluding hydrogens is 354 g/mol. The average molecular weight is 387 g/mol. The van der Waals surface area contributed by atoms with Crippen molar-refractivity contribution in [3.8, 4) is 5.75 Å². The normalized spacial score (nSPS) is 17.4. The number of benzene rings is 1. The molecule has 3 amide bonds. The van der Waals surface area contributed by atoms with Crippen LogP contribution in [0.5, 0.6) is 5.75 Å². The number of rotatable bonds is 9. The molecule has 2 aliphatic rings. The van der Waals surface area contributed by atoms with Gasteiger partial charge >= 0.3 is 6.03 Å². The van der Waals surface area contributed by atoms with E-state index < -0.39 is 0 Å². The fraction of sp³-hybridized carbons (Fsp3) is 0.545. The van der Waals surface area contributed by atoms with Gasteiger partial charge in [-0.25, -0.2) is 4.79 Å². The molecule has 152 valence electrons. The van der Waals surface area contributed by atoms with Crippen molar-refractivity contribution in [3.05, 3.63) is 41.5 Å². The third-order valence-corrected chi connectivity index (χ3v) is 5.50. The molecule has 1 fully saturated rings. The Balaban J connectivity index is 1.40. The van der Waals surface area contributed by atoms with Gasteiger partial charge in [-0.1, -0.05) is 11.6 Å². The summed E-state index contributed by atoms with van der Waals surface area (Å²) in [6.07, 6.45) is 10.2. The highest BCUT2D eigenvalue weighted by molar-refractivity contribution is 5.94. The summed E-state index contributed by atoms with van der Waals surface area (Å²) in [5, 5.41) is 5.29. The Bertz CT molecular complexity index is 695. The van der Waals surface area contributed by atoms with Crippen LogP contribution in [-0.2, 0) is 11.3 Å². The number of nitrogens with one attached hydrogen (secondary N) is 3. The second kappa shape index (κ2) is 10.3. The molecule has 0 saturated heterocycles. The molecule has 3 N–H and O–H groups in total. The van der Waals surface area contributed by atoms with Crippen molar-refractivity contribution in [2.45, 2.75) is 57.5 Å². The van der Waals surface area contributed by atoms with Crippen LogP contribution in [0, 0.1) is 0 Å². The van der Waals surface area contributed by atoms with E-state index in [1.807, 2.05) is 24.3 Å². The van der Waals surface area contributed by atoms with Gasteiger partial charge in [0.1, 0.15) is 12.3 Å². The number of hydrogen-bond acceptors (Lipinski definition) is 3. The number of urea groups is 1. The highest BCUT2D eigenvalue weighted by Crippen LogP contribution is 2.19. The van der Waals surface area contributed by atoms with Crippen LogP contribution in [0.3, 0.4) is 0 Å². The first-order valence-corrected chi connectivity index (χ1v) is 10.4. The van der Waals surface area contributed by atoms with E-state index in [-0.39, 0.29) is 11.9 Å². The summed E-state index contributed by atoms with van der Waals surface area (Å²) in [7, 11) is 1.65. The molecule has 0 radical (unpaired) electrons. The summed E-state index contributed by atoms with van der Waals surface area (Å²) in [6.45, 7) is 1.67. The van der Waals surface area contributed by atoms with Gasteiger partial charge in [-0.15, -0.1) is 0 Å². The smallest absolute Gasteiger partial charge is 0.321 e.